The minimum absolute atomic E-state index is 0.0513. The molecular formula is C12H16N4OS. The second kappa shape index (κ2) is 4.99. The summed E-state index contributed by atoms with van der Waals surface area (Å²) in [5.41, 5.74) is 0.728. The molecule has 6 heteroatoms. The maximum absolute atomic E-state index is 11.2. The Morgan fingerprint density at radius 3 is 2.83 bits per heavy atom. The van der Waals surface area contributed by atoms with E-state index in [1.807, 2.05) is 6.07 Å². The molecule has 0 saturated carbocycles. The first kappa shape index (κ1) is 12.9. The summed E-state index contributed by atoms with van der Waals surface area (Å²) < 4.78 is 0. The summed E-state index contributed by atoms with van der Waals surface area (Å²) in [6.45, 7) is 6.99. The van der Waals surface area contributed by atoms with Gasteiger partial charge in [0.05, 0.1) is 6.54 Å². The minimum atomic E-state index is -0.128. The van der Waals surface area contributed by atoms with Crippen LogP contribution in [0, 0.1) is 0 Å². The van der Waals surface area contributed by atoms with Crippen molar-refractivity contribution in [1.82, 2.24) is 20.5 Å². The van der Waals surface area contributed by atoms with Gasteiger partial charge in [-0.25, -0.2) is 0 Å². The lowest BCUT2D eigenvalue weighted by Crippen LogP contribution is -2.35. The van der Waals surface area contributed by atoms with Crippen molar-refractivity contribution in [2.45, 2.75) is 32.9 Å². The summed E-state index contributed by atoms with van der Waals surface area (Å²) in [7, 11) is 0. The first-order chi connectivity index (χ1) is 8.44. The summed E-state index contributed by atoms with van der Waals surface area (Å²) in [6.07, 6.45) is 1.62. The SMILES string of the molecule is CC(C)(C)NCc1nnc(-c2cc[nH]c(=O)c2)s1. The van der Waals surface area contributed by atoms with Crippen LogP contribution in [0.25, 0.3) is 10.6 Å². The number of pyridine rings is 1. The van der Waals surface area contributed by atoms with Crippen molar-refractivity contribution in [3.05, 3.63) is 33.7 Å². The van der Waals surface area contributed by atoms with Crippen LogP contribution in [0.4, 0.5) is 0 Å². The smallest absolute Gasteiger partial charge is 0.248 e. The van der Waals surface area contributed by atoms with E-state index in [1.54, 1.807) is 6.20 Å². The van der Waals surface area contributed by atoms with E-state index in [-0.39, 0.29) is 11.1 Å². The van der Waals surface area contributed by atoms with E-state index in [9.17, 15) is 4.79 Å². The number of hydrogen-bond acceptors (Lipinski definition) is 5. The van der Waals surface area contributed by atoms with Crippen LogP contribution in [0.5, 0.6) is 0 Å². The monoisotopic (exact) mass is 264 g/mol. The molecule has 2 N–H and O–H groups in total. The van der Waals surface area contributed by atoms with Crippen LogP contribution in [0.2, 0.25) is 0 Å². The van der Waals surface area contributed by atoms with Gasteiger partial charge in [-0.2, -0.15) is 0 Å². The topological polar surface area (TPSA) is 70.7 Å². The molecule has 2 rings (SSSR count). The summed E-state index contributed by atoms with van der Waals surface area (Å²) in [5.74, 6) is 0. The average molecular weight is 264 g/mol. The molecule has 0 amide bonds. The number of hydrogen-bond donors (Lipinski definition) is 2. The summed E-state index contributed by atoms with van der Waals surface area (Å²) in [5, 5.41) is 13.3. The van der Waals surface area contributed by atoms with E-state index < -0.39 is 0 Å². The Kier molecular flexibility index (Phi) is 3.58. The maximum atomic E-state index is 11.2. The zero-order valence-corrected chi connectivity index (χ0v) is 11.5. The second-order valence-corrected chi connectivity index (χ2v) is 6.11. The number of aromatic nitrogens is 3. The Morgan fingerprint density at radius 2 is 2.17 bits per heavy atom. The largest absolute Gasteiger partial charge is 0.329 e. The van der Waals surface area contributed by atoms with Crippen LogP contribution in [0.1, 0.15) is 25.8 Å². The summed E-state index contributed by atoms with van der Waals surface area (Å²) >= 11 is 1.50. The molecule has 96 valence electrons. The highest BCUT2D eigenvalue weighted by atomic mass is 32.1. The Bertz CT molecular complexity index is 582. The van der Waals surface area contributed by atoms with Gasteiger partial charge in [-0.3, -0.25) is 4.79 Å². The van der Waals surface area contributed by atoms with Crippen molar-refractivity contribution in [2.75, 3.05) is 0 Å². The van der Waals surface area contributed by atoms with E-state index in [2.05, 4.69) is 41.3 Å². The number of H-pyrrole nitrogens is 1. The number of nitrogens with zero attached hydrogens (tertiary/aromatic N) is 2. The standard InChI is InChI=1S/C12H16N4OS/c1-12(2,3)14-7-10-15-16-11(18-10)8-4-5-13-9(17)6-8/h4-6,14H,7H2,1-3H3,(H,13,17). The molecule has 0 unspecified atom stereocenters. The number of rotatable bonds is 3. The van der Waals surface area contributed by atoms with Gasteiger partial charge in [0.25, 0.3) is 0 Å². The lowest BCUT2D eigenvalue weighted by atomic mass is 10.1. The Labute approximate surface area is 109 Å². The predicted molar refractivity (Wildman–Crippen MR) is 72.6 cm³/mol. The van der Waals surface area contributed by atoms with Gasteiger partial charge in [0.1, 0.15) is 10.0 Å². The molecule has 2 aromatic heterocycles. The summed E-state index contributed by atoms with van der Waals surface area (Å²) in [6, 6.07) is 3.35. The molecule has 5 nitrogen and oxygen atoms in total. The lowest BCUT2D eigenvalue weighted by molar-refractivity contribution is 0.423. The van der Waals surface area contributed by atoms with Crippen LogP contribution in [0.15, 0.2) is 23.1 Å². The molecule has 0 spiro atoms. The van der Waals surface area contributed by atoms with Crippen molar-refractivity contribution in [2.24, 2.45) is 0 Å². The molecular weight excluding hydrogens is 248 g/mol. The first-order valence-corrected chi connectivity index (χ1v) is 6.52. The van der Waals surface area contributed by atoms with Crippen LogP contribution in [-0.2, 0) is 6.54 Å². The predicted octanol–water partition coefficient (Wildman–Crippen LogP) is 1.78. The van der Waals surface area contributed by atoms with Crippen LogP contribution in [-0.4, -0.2) is 20.7 Å². The van der Waals surface area contributed by atoms with Gasteiger partial charge in [-0.1, -0.05) is 11.3 Å². The van der Waals surface area contributed by atoms with Gasteiger partial charge in [0.15, 0.2) is 0 Å². The lowest BCUT2D eigenvalue weighted by Gasteiger charge is -2.19. The Balaban J connectivity index is 2.13. The summed E-state index contributed by atoms with van der Waals surface area (Å²) in [4.78, 5) is 13.8. The normalized spacial score (nSPS) is 11.7. The van der Waals surface area contributed by atoms with Gasteiger partial charge >= 0.3 is 0 Å². The first-order valence-electron chi connectivity index (χ1n) is 5.70. The molecule has 0 atom stereocenters. The zero-order chi connectivity index (χ0) is 13.2. The Hall–Kier alpha value is -1.53. The maximum Gasteiger partial charge on any atom is 0.248 e. The molecule has 0 fully saturated rings. The van der Waals surface area contributed by atoms with Gasteiger partial charge in [0, 0.05) is 23.4 Å². The molecule has 0 aliphatic heterocycles. The van der Waals surface area contributed by atoms with Crippen molar-refractivity contribution in [3.8, 4) is 10.6 Å². The molecule has 0 radical (unpaired) electrons. The van der Waals surface area contributed by atoms with Crippen molar-refractivity contribution in [1.29, 1.82) is 0 Å². The second-order valence-electron chi connectivity index (χ2n) is 5.05. The fourth-order valence-electron chi connectivity index (χ4n) is 1.36. The van der Waals surface area contributed by atoms with Gasteiger partial charge in [0.2, 0.25) is 5.56 Å². The third-order valence-corrected chi connectivity index (χ3v) is 3.23. The van der Waals surface area contributed by atoms with E-state index >= 15 is 0 Å². The van der Waals surface area contributed by atoms with Crippen molar-refractivity contribution in [3.63, 3.8) is 0 Å². The highest BCUT2D eigenvalue weighted by Crippen LogP contribution is 2.21. The minimum Gasteiger partial charge on any atom is -0.329 e. The number of aromatic amines is 1. The highest BCUT2D eigenvalue weighted by molar-refractivity contribution is 7.14. The van der Waals surface area contributed by atoms with E-state index in [0.29, 0.717) is 6.54 Å². The van der Waals surface area contributed by atoms with E-state index in [0.717, 1.165) is 15.6 Å². The van der Waals surface area contributed by atoms with E-state index in [4.69, 9.17) is 0 Å². The van der Waals surface area contributed by atoms with Gasteiger partial charge in [-0.05, 0) is 26.8 Å². The molecule has 0 saturated heterocycles. The fraction of sp³-hybridized carbons (Fsp3) is 0.417. The molecule has 0 aliphatic rings. The number of nitrogens with one attached hydrogen (secondary N) is 2. The quantitative estimate of drug-likeness (QED) is 0.886. The van der Waals surface area contributed by atoms with Crippen molar-refractivity contribution < 1.29 is 0 Å². The van der Waals surface area contributed by atoms with Crippen LogP contribution < -0.4 is 10.9 Å². The van der Waals surface area contributed by atoms with Gasteiger partial charge in [-0.15, -0.1) is 10.2 Å². The third-order valence-electron chi connectivity index (χ3n) is 2.26. The average Bonchev–Trinajstić information content (AvgIpc) is 2.74. The van der Waals surface area contributed by atoms with E-state index in [1.165, 1.54) is 17.4 Å². The highest BCUT2D eigenvalue weighted by Gasteiger charge is 2.11. The molecule has 0 bridgehead atoms. The molecule has 0 aromatic carbocycles. The molecule has 2 heterocycles. The Morgan fingerprint density at radius 1 is 1.39 bits per heavy atom. The molecule has 0 aliphatic carbocycles. The van der Waals surface area contributed by atoms with Crippen molar-refractivity contribution >= 4 is 11.3 Å². The fourth-order valence-corrected chi connectivity index (χ4v) is 2.14. The zero-order valence-electron chi connectivity index (χ0n) is 10.7. The van der Waals surface area contributed by atoms with Crippen LogP contribution in [0.3, 0.4) is 0 Å². The molecule has 18 heavy (non-hydrogen) atoms. The third kappa shape index (κ3) is 3.48. The van der Waals surface area contributed by atoms with Gasteiger partial charge < -0.3 is 10.3 Å². The van der Waals surface area contributed by atoms with Crippen LogP contribution >= 0.6 is 11.3 Å². The molecule has 2 aromatic rings.